The maximum absolute atomic E-state index is 14.0. The maximum Gasteiger partial charge on any atom is 0.168 e. The highest BCUT2D eigenvalue weighted by Crippen LogP contribution is 2.42. The van der Waals surface area contributed by atoms with Crippen molar-refractivity contribution in [2.75, 3.05) is 26.2 Å². The monoisotopic (exact) mass is 352 g/mol. The minimum Gasteiger partial charge on any atom is -0.505 e. The van der Waals surface area contributed by atoms with Crippen LogP contribution in [-0.2, 0) is 0 Å². The van der Waals surface area contributed by atoms with Gasteiger partial charge in [0.2, 0.25) is 0 Å². The Labute approximate surface area is 145 Å². The first-order valence-electron chi connectivity index (χ1n) is 7.25. The number of phenolic OH excluding ortho intramolecular Hbond substituents is 1. The Morgan fingerprint density at radius 3 is 2.23 bits per heavy atom. The summed E-state index contributed by atoms with van der Waals surface area (Å²) in [6.07, 6.45) is 0. The van der Waals surface area contributed by atoms with Crippen LogP contribution in [0.1, 0.15) is 37.9 Å². The lowest BCUT2D eigenvalue weighted by Crippen LogP contribution is -2.48. The number of aromatic hydroxyl groups is 1. The van der Waals surface area contributed by atoms with Crippen LogP contribution in [0, 0.1) is 18.2 Å². The van der Waals surface area contributed by atoms with E-state index in [-0.39, 0.29) is 42.0 Å². The third-order valence-electron chi connectivity index (χ3n) is 3.97. The molecule has 0 bridgehead atoms. The van der Waals surface area contributed by atoms with Gasteiger partial charge < -0.3 is 10.4 Å². The zero-order chi connectivity index (χ0) is 14.9. The molecule has 1 fully saturated rings. The number of rotatable bonds is 2. The van der Waals surface area contributed by atoms with Crippen molar-refractivity contribution in [2.24, 2.45) is 5.41 Å². The number of aryl methyl sites for hydroxylation is 1. The van der Waals surface area contributed by atoms with E-state index < -0.39 is 5.82 Å². The van der Waals surface area contributed by atoms with Crippen molar-refractivity contribution in [2.45, 2.75) is 33.7 Å². The van der Waals surface area contributed by atoms with Crippen LogP contribution in [0.5, 0.6) is 5.75 Å². The van der Waals surface area contributed by atoms with Gasteiger partial charge in [0.25, 0.3) is 0 Å². The van der Waals surface area contributed by atoms with Crippen LogP contribution in [0.25, 0.3) is 0 Å². The second-order valence-corrected chi connectivity index (χ2v) is 6.69. The molecule has 6 heteroatoms. The van der Waals surface area contributed by atoms with E-state index in [1.807, 2.05) is 6.07 Å². The van der Waals surface area contributed by atoms with E-state index in [9.17, 15) is 9.50 Å². The number of nitrogens with one attached hydrogen (secondary N) is 1. The normalized spacial score (nSPS) is 17.3. The Morgan fingerprint density at radius 2 is 1.73 bits per heavy atom. The molecule has 1 atom stereocenters. The predicted octanol–water partition coefficient (Wildman–Crippen LogP) is 3.68. The Bertz CT molecular complexity index is 486. The van der Waals surface area contributed by atoms with Gasteiger partial charge in [-0.05, 0) is 17.9 Å². The second-order valence-electron chi connectivity index (χ2n) is 6.69. The van der Waals surface area contributed by atoms with Crippen LogP contribution >= 0.6 is 24.8 Å². The summed E-state index contributed by atoms with van der Waals surface area (Å²) in [6.45, 7) is 11.8. The van der Waals surface area contributed by atoms with Gasteiger partial charge >= 0.3 is 0 Å². The molecule has 128 valence electrons. The fourth-order valence-corrected chi connectivity index (χ4v) is 3.05. The van der Waals surface area contributed by atoms with Crippen molar-refractivity contribution < 1.29 is 9.50 Å². The van der Waals surface area contributed by atoms with Crippen LogP contribution in [-0.4, -0.2) is 36.2 Å². The molecule has 1 heterocycles. The summed E-state index contributed by atoms with van der Waals surface area (Å²) in [5.41, 5.74) is 1.11. The molecule has 2 N–H and O–H groups in total. The van der Waals surface area contributed by atoms with Crippen LogP contribution in [0.3, 0.4) is 0 Å². The van der Waals surface area contributed by atoms with E-state index in [1.54, 1.807) is 13.0 Å². The summed E-state index contributed by atoms with van der Waals surface area (Å²) in [7, 11) is 0. The van der Waals surface area contributed by atoms with Crippen LogP contribution in [0.15, 0.2) is 12.1 Å². The lowest BCUT2D eigenvalue weighted by molar-refractivity contribution is 0.0838. The van der Waals surface area contributed by atoms with E-state index in [1.165, 1.54) is 0 Å². The van der Waals surface area contributed by atoms with Crippen molar-refractivity contribution in [1.29, 1.82) is 0 Å². The Kier molecular flexibility index (Phi) is 8.14. The lowest BCUT2D eigenvalue weighted by atomic mass is 9.80. The number of benzene rings is 1. The third-order valence-corrected chi connectivity index (χ3v) is 3.97. The summed E-state index contributed by atoms with van der Waals surface area (Å²) >= 11 is 0. The largest absolute Gasteiger partial charge is 0.505 e. The Morgan fingerprint density at radius 1 is 1.18 bits per heavy atom. The molecule has 0 spiro atoms. The molecule has 2 rings (SSSR count). The first-order chi connectivity index (χ1) is 9.32. The fourth-order valence-electron chi connectivity index (χ4n) is 3.05. The third kappa shape index (κ3) is 4.48. The van der Waals surface area contributed by atoms with Gasteiger partial charge in [0.05, 0.1) is 0 Å². The minimum atomic E-state index is -0.494. The first kappa shape index (κ1) is 21.4. The highest BCUT2D eigenvalue weighted by atomic mass is 35.5. The van der Waals surface area contributed by atoms with E-state index >= 15 is 0 Å². The van der Waals surface area contributed by atoms with Crippen molar-refractivity contribution in [3.05, 3.63) is 29.1 Å². The van der Waals surface area contributed by atoms with Gasteiger partial charge in [-0.2, -0.15) is 0 Å². The summed E-state index contributed by atoms with van der Waals surface area (Å²) in [4.78, 5) is 2.33. The molecule has 22 heavy (non-hydrogen) atoms. The molecule has 0 amide bonds. The number of nitrogens with zero attached hydrogens (tertiary/aromatic N) is 1. The van der Waals surface area contributed by atoms with Gasteiger partial charge in [-0.25, -0.2) is 4.39 Å². The van der Waals surface area contributed by atoms with E-state index in [4.69, 9.17) is 0 Å². The molecule has 0 radical (unpaired) electrons. The van der Waals surface area contributed by atoms with Gasteiger partial charge in [-0.3, -0.25) is 4.90 Å². The first-order valence-corrected chi connectivity index (χ1v) is 7.25. The fraction of sp³-hybridized carbons (Fsp3) is 0.625. The van der Waals surface area contributed by atoms with E-state index in [0.717, 1.165) is 26.2 Å². The molecule has 1 aromatic carbocycles. The van der Waals surface area contributed by atoms with Gasteiger partial charge in [0.1, 0.15) is 0 Å². The molecule has 0 aromatic heterocycles. The SMILES string of the molecule is Cc1ccc([C@@H](N2CCNCC2)C(C)(C)C)c(O)c1F.Cl.Cl. The average molecular weight is 353 g/mol. The van der Waals surface area contributed by atoms with E-state index in [0.29, 0.717) is 11.1 Å². The van der Waals surface area contributed by atoms with Crippen molar-refractivity contribution in [3.63, 3.8) is 0 Å². The smallest absolute Gasteiger partial charge is 0.168 e. The van der Waals surface area contributed by atoms with E-state index in [2.05, 4.69) is 31.0 Å². The highest BCUT2D eigenvalue weighted by molar-refractivity contribution is 5.85. The van der Waals surface area contributed by atoms with Crippen molar-refractivity contribution in [1.82, 2.24) is 10.2 Å². The molecule has 1 aromatic rings. The zero-order valence-electron chi connectivity index (χ0n) is 13.6. The number of hydrogen-bond donors (Lipinski definition) is 2. The summed E-state index contributed by atoms with van der Waals surface area (Å²) in [5.74, 6) is -0.685. The standard InChI is InChI=1S/C16H25FN2O.2ClH/c1-11-5-6-12(14(20)13(11)17)15(16(2,3)4)19-9-7-18-8-10-19;;/h5-6,15,18,20H,7-10H2,1-4H3;2*1H/t15-;;/m1../s1. The molecule has 0 aliphatic carbocycles. The molecular formula is C16H27Cl2FN2O. The lowest BCUT2D eigenvalue weighted by Gasteiger charge is -2.42. The Hall–Kier alpha value is -0.550. The van der Waals surface area contributed by atoms with Gasteiger partial charge in [-0.1, -0.05) is 32.9 Å². The Balaban J connectivity index is 0.00000220. The summed E-state index contributed by atoms with van der Waals surface area (Å²) in [5, 5.41) is 13.6. The molecule has 1 aliphatic rings. The maximum atomic E-state index is 14.0. The second kappa shape index (κ2) is 8.34. The molecule has 0 saturated carbocycles. The summed E-state index contributed by atoms with van der Waals surface area (Å²) in [6, 6.07) is 3.64. The number of halogens is 3. The highest BCUT2D eigenvalue weighted by Gasteiger charge is 2.35. The predicted molar refractivity (Wildman–Crippen MR) is 93.9 cm³/mol. The zero-order valence-corrected chi connectivity index (χ0v) is 15.3. The van der Waals surface area contributed by atoms with Crippen molar-refractivity contribution in [3.8, 4) is 5.75 Å². The molecule has 0 unspecified atom stereocenters. The molecule has 1 saturated heterocycles. The van der Waals surface area contributed by atoms with Crippen LogP contribution in [0.2, 0.25) is 0 Å². The van der Waals surface area contributed by atoms with Crippen LogP contribution < -0.4 is 5.32 Å². The summed E-state index contributed by atoms with van der Waals surface area (Å²) < 4.78 is 14.0. The average Bonchev–Trinajstić information content (AvgIpc) is 2.39. The van der Waals surface area contributed by atoms with Crippen LogP contribution in [0.4, 0.5) is 4.39 Å². The molecule has 1 aliphatic heterocycles. The number of hydrogen-bond acceptors (Lipinski definition) is 3. The minimum absolute atomic E-state index is 0. The molecular weight excluding hydrogens is 326 g/mol. The topological polar surface area (TPSA) is 35.5 Å². The van der Waals surface area contributed by atoms with Gasteiger partial charge in [0.15, 0.2) is 11.6 Å². The van der Waals surface area contributed by atoms with Gasteiger partial charge in [-0.15, -0.1) is 24.8 Å². The number of piperazine rings is 1. The quantitative estimate of drug-likeness (QED) is 0.852. The van der Waals surface area contributed by atoms with Gasteiger partial charge in [0, 0.05) is 37.8 Å². The number of phenols is 1. The molecule has 3 nitrogen and oxygen atoms in total. The van der Waals surface area contributed by atoms with Crippen molar-refractivity contribution >= 4 is 24.8 Å².